The van der Waals surface area contributed by atoms with Gasteiger partial charge in [0.15, 0.2) is 0 Å². The summed E-state index contributed by atoms with van der Waals surface area (Å²) in [5.41, 5.74) is 10.8. The highest BCUT2D eigenvalue weighted by Crippen LogP contribution is 2.50. The smallest absolute Gasteiger partial charge is 0.147 e. The van der Waals surface area contributed by atoms with E-state index in [1.54, 1.807) is 82.6 Å². The topological polar surface area (TPSA) is 6.48 Å². The summed E-state index contributed by atoms with van der Waals surface area (Å²) in [7, 11) is 0. The van der Waals surface area contributed by atoms with Crippen LogP contribution in [-0.2, 0) is 0 Å². The second kappa shape index (κ2) is 21.3. The van der Waals surface area contributed by atoms with Gasteiger partial charge in [0.25, 0.3) is 0 Å². The molecule has 0 bridgehead atoms. The fourth-order valence-corrected chi connectivity index (χ4v) is 11.6. The average Bonchev–Trinajstić information content (AvgIpc) is 1.86. The first kappa shape index (κ1) is 51.4. The van der Waals surface area contributed by atoms with Gasteiger partial charge in [-0.25, -0.2) is 26.3 Å². The van der Waals surface area contributed by atoms with Crippen molar-refractivity contribution in [3.8, 4) is 66.8 Å². The summed E-state index contributed by atoms with van der Waals surface area (Å²) in [4.78, 5) is 3.29. The Morgan fingerprint density at radius 1 is 0.190 bits per heavy atom. The van der Waals surface area contributed by atoms with Crippen molar-refractivity contribution >= 4 is 66.4 Å². The minimum atomic E-state index is -0.595. The van der Waals surface area contributed by atoms with E-state index in [2.05, 4.69) is 0 Å². The normalized spacial score (nSPS) is 11.5. The molecule has 0 spiro atoms. The van der Waals surface area contributed by atoms with Gasteiger partial charge in [-0.05, 0) is 173 Å². The Kier molecular flexibility index (Phi) is 13.1. The number of anilines is 6. The number of rotatable bonds is 12. The van der Waals surface area contributed by atoms with Crippen LogP contribution in [0.5, 0.6) is 0 Å². The van der Waals surface area contributed by atoms with E-state index in [1.165, 1.54) is 48.5 Å². The molecular weight excluding hydrogens is 1050 g/mol. The second-order valence-corrected chi connectivity index (χ2v) is 20.8. The Balaban J connectivity index is 0.965. The molecule has 0 unspecified atom stereocenters. The van der Waals surface area contributed by atoms with Crippen molar-refractivity contribution < 1.29 is 26.3 Å². The molecule has 0 amide bonds. The number of nitrogens with zero attached hydrogens (tertiary/aromatic N) is 2. The van der Waals surface area contributed by atoms with Gasteiger partial charge in [-0.2, -0.15) is 0 Å². The summed E-state index contributed by atoms with van der Waals surface area (Å²) in [6.07, 6.45) is 0. The van der Waals surface area contributed by atoms with Gasteiger partial charge in [-0.15, -0.1) is 0 Å². The average molecular weight is 1100 g/mol. The molecule has 0 aliphatic heterocycles. The summed E-state index contributed by atoms with van der Waals surface area (Å²) in [5.74, 6) is -3.02. The van der Waals surface area contributed by atoms with E-state index in [0.717, 1.165) is 66.1 Å². The maximum absolute atomic E-state index is 17.2. The van der Waals surface area contributed by atoms with Crippen LogP contribution in [0.15, 0.2) is 279 Å². The maximum atomic E-state index is 17.2. The molecule has 0 heterocycles. The first-order valence-corrected chi connectivity index (χ1v) is 27.4. The quantitative estimate of drug-likeness (QED) is 0.0889. The first-order chi connectivity index (χ1) is 41.1. The molecule has 0 aliphatic rings. The Labute approximate surface area is 481 Å². The lowest BCUT2D eigenvalue weighted by molar-refractivity contribution is 0.619. The summed E-state index contributed by atoms with van der Waals surface area (Å²) < 4.78 is 96.4. The van der Waals surface area contributed by atoms with Crippen molar-refractivity contribution in [1.29, 1.82) is 0 Å². The fourth-order valence-electron chi connectivity index (χ4n) is 11.6. The molecule has 84 heavy (non-hydrogen) atoms. The van der Waals surface area contributed by atoms with E-state index in [4.69, 9.17) is 0 Å². The highest BCUT2D eigenvalue weighted by molar-refractivity contribution is 6.28. The van der Waals surface area contributed by atoms with Crippen LogP contribution in [0.25, 0.3) is 99.1 Å². The molecule has 402 valence electrons. The molecule has 14 rings (SSSR count). The van der Waals surface area contributed by atoms with Gasteiger partial charge in [0.2, 0.25) is 0 Å². The van der Waals surface area contributed by atoms with Crippen molar-refractivity contribution in [2.24, 2.45) is 0 Å². The van der Waals surface area contributed by atoms with E-state index >= 15 is 17.6 Å². The zero-order chi connectivity index (χ0) is 57.0. The number of hydrogen-bond acceptors (Lipinski definition) is 2. The summed E-state index contributed by atoms with van der Waals surface area (Å²) in [6.45, 7) is 0. The molecule has 8 heteroatoms. The summed E-state index contributed by atoms with van der Waals surface area (Å²) in [6, 6.07) is 82.0. The van der Waals surface area contributed by atoms with Crippen LogP contribution in [0.3, 0.4) is 0 Å². The highest BCUT2D eigenvalue weighted by atomic mass is 19.1. The van der Waals surface area contributed by atoms with E-state index < -0.39 is 23.3 Å². The Morgan fingerprint density at radius 2 is 0.429 bits per heavy atom. The van der Waals surface area contributed by atoms with E-state index in [-0.39, 0.29) is 34.4 Å². The summed E-state index contributed by atoms with van der Waals surface area (Å²) >= 11 is 0. The molecule has 0 saturated heterocycles. The maximum Gasteiger partial charge on any atom is 0.147 e. The van der Waals surface area contributed by atoms with Crippen LogP contribution in [0, 0.1) is 34.9 Å². The largest absolute Gasteiger partial charge is 0.304 e. The number of halogens is 6. The van der Waals surface area contributed by atoms with Crippen LogP contribution in [-0.4, -0.2) is 0 Å². The molecule has 14 aromatic carbocycles. The van der Waals surface area contributed by atoms with Crippen molar-refractivity contribution in [1.82, 2.24) is 0 Å². The lowest BCUT2D eigenvalue weighted by Gasteiger charge is -2.30. The van der Waals surface area contributed by atoms with Crippen molar-refractivity contribution in [3.63, 3.8) is 0 Å². The number of benzene rings is 14. The predicted molar refractivity (Wildman–Crippen MR) is 332 cm³/mol. The third-order valence-electron chi connectivity index (χ3n) is 15.9. The van der Waals surface area contributed by atoms with Gasteiger partial charge in [0.1, 0.15) is 34.9 Å². The highest BCUT2D eigenvalue weighted by Gasteiger charge is 2.28. The molecule has 0 N–H and O–H groups in total. The van der Waals surface area contributed by atoms with Gasteiger partial charge in [-0.3, -0.25) is 0 Å². The molecule has 0 saturated carbocycles. The van der Waals surface area contributed by atoms with Gasteiger partial charge >= 0.3 is 0 Å². The third-order valence-corrected chi connectivity index (χ3v) is 15.9. The van der Waals surface area contributed by atoms with E-state index in [0.29, 0.717) is 44.4 Å². The molecule has 14 aromatic rings. The minimum absolute atomic E-state index is 0.0929. The molecule has 0 aliphatic carbocycles. The number of hydrogen-bond donors (Lipinski definition) is 0. The van der Waals surface area contributed by atoms with Crippen LogP contribution < -0.4 is 9.80 Å². The SMILES string of the molecule is Fc1ccc(-c2ccc(-c3ccc(F)c(N(c4cc(-c5ccccc5)ccc4F)c4ccc5ccc6c(N(c7cc(-c8ccccc8)ccc7F)c7cc(-c8ccc(-c9ccc(F)cc9)cc8)ccc7F)ccc7ccc4c5c76)c3)cc2)cc1. The first-order valence-electron chi connectivity index (χ1n) is 27.4. The molecule has 0 radical (unpaired) electrons. The molecule has 0 fully saturated rings. The van der Waals surface area contributed by atoms with Crippen molar-refractivity contribution in [3.05, 3.63) is 314 Å². The van der Waals surface area contributed by atoms with Crippen LogP contribution in [0.4, 0.5) is 60.5 Å². The fraction of sp³-hybridized carbons (Fsp3) is 0. The van der Waals surface area contributed by atoms with Gasteiger partial charge < -0.3 is 9.80 Å². The Morgan fingerprint density at radius 3 is 0.726 bits per heavy atom. The molecule has 0 aromatic heterocycles. The molecule has 2 nitrogen and oxygen atoms in total. The van der Waals surface area contributed by atoms with Crippen LogP contribution >= 0.6 is 0 Å². The zero-order valence-electron chi connectivity index (χ0n) is 44.7. The van der Waals surface area contributed by atoms with Crippen LogP contribution in [0.1, 0.15) is 0 Å². The van der Waals surface area contributed by atoms with E-state index in [9.17, 15) is 8.78 Å². The van der Waals surface area contributed by atoms with Gasteiger partial charge in [0.05, 0.1) is 34.1 Å². The van der Waals surface area contributed by atoms with Gasteiger partial charge in [-0.1, -0.05) is 194 Å². The van der Waals surface area contributed by atoms with Crippen molar-refractivity contribution in [2.75, 3.05) is 9.80 Å². The zero-order valence-corrected chi connectivity index (χ0v) is 44.7. The predicted octanol–water partition coefficient (Wildman–Crippen LogP) is 22.4. The standard InChI is InChI=1S/C76H46F6N2/c77-61-31-19-51(20-32-61)49-11-15-53(16-12-49)59-27-39-67(81)73(45-59)83(71-43-57(25-37-65(71)79)47-7-3-1-4-8-47)69-41-29-55-24-36-64-70(42-30-56-23-35-63(69)75(55)76(56)64)84(72-44-58(26-38-66(72)80)48-9-5-2-6-10-48)74-46-60(28-40-68(74)82)54-17-13-50(14-18-54)52-21-33-62(78)34-22-52/h1-46H. The lowest BCUT2D eigenvalue weighted by Crippen LogP contribution is -2.15. The third kappa shape index (κ3) is 9.43. The van der Waals surface area contributed by atoms with Crippen molar-refractivity contribution in [2.45, 2.75) is 0 Å². The van der Waals surface area contributed by atoms with Crippen LogP contribution in [0.2, 0.25) is 0 Å². The lowest BCUT2D eigenvalue weighted by atomic mass is 9.91. The van der Waals surface area contributed by atoms with Gasteiger partial charge in [0, 0.05) is 10.8 Å². The monoisotopic (exact) mass is 1100 g/mol. The molecule has 0 atom stereocenters. The minimum Gasteiger partial charge on any atom is -0.304 e. The second-order valence-electron chi connectivity index (χ2n) is 20.8. The Hall–Kier alpha value is -10.7. The summed E-state index contributed by atoms with van der Waals surface area (Å²) in [5, 5.41) is 4.55. The Bertz CT molecular complexity index is 4460. The van der Waals surface area contributed by atoms with E-state index in [1.807, 2.05) is 158 Å². The molecular formula is C76H46F6N2.